The van der Waals surface area contributed by atoms with Crippen molar-refractivity contribution < 1.29 is 19.1 Å². The fourth-order valence-corrected chi connectivity index (χ4v) is 4.06. The maximum atomic E-state index is 12.7. The number of nitrogens with two attached hydrogens (primary N) is 1. The fourth-order valence-electron chi connectivity index (χ4n) is 2.90. The van der Waals surface area contributed by atoms with E-state index in [-0.39, 0.29) is 5.03 Å². The lowest BCUT2D eigenvalue weighted by atomic mass is 9.88. The number of rotatable bonds is 7. The van der Waals surface area contributed by atoms with Crippen LogP contribution in [0.15, 0.2) is 28.8 Å². The van der Waals surface area contributed by atoms with Gasteiger partial charge in [-0.1, -0.05) is 31.2 Å². The van der Waals surface area contributed by atoms with E-state index in [1.165, 1.54) is 14.2 Å². The summed E-state index contributed by atoms with van der Waals surface area (Å²) in [5.41, 5.74) is 6.95. The molecule has 2 atom stereocenters. The number of hydrogen-bond donors (Lipinski definition) is 3. The van der Waals surface area contributed by atoms with Crippen molar-refractivity contribution in [2.45, 2.75) is 30.9 Å². The molecule has 3 amide bonds. The van der Waals surface area contributed by atoms with Crippen LogP contribution in [-0.2, 0) is 4.79 Å². The van der Waals surface area contributed by atoms with Gasteiger partial charge in [-0.3, -0.25) is 10.1 Å². The Balaban J connectivity index is 2.27. The number of thioether (sulfide) groups is 1. The minimum Gasteiger partial charge on any atom is -0.493 e. The Labute approximate surface area is 168 Å². The Morgan fingerprint density at radius 1 is 1.29 bits per heavy atom. The van der Waals surface area contributed by atoms with E-state index in [9.17, 15) is 14.9 Å². The van der Waals surface area contributed by atoms with Crippen molar-refractivity contribution in [1.82, 2.24) is 10.6 Å². The van der Waals surface area contributed by atoms with E-state index >= 15 is 0 Å². The molecule has 8 nitrogen and oxygen atoms in total. The van der Waals surface area contributed by atoms with Crippen molar-refractivity contribution in [2.24, 2.45) is 5.73 Å². The van der Waals surface area contributed by atoms with Crippen LogP contribution < -0.4 is 25.8 Å². The predicted octanol–water partition coefficient (Wildman–Crippen LogP) is 2.22. The number of nitrogens with zero attached hydrogens (tertiary/aromatic N) is 1. The zero-order chi connectivity index (χ0) is 20.7. The molecule has 9 heteroatoms. The fraction of sp³-hybridized carbons (Fsp3) is 0.421. The molecule has 0 bridgehead atoms. The second kappa shape index (κ2) is 9.90. The molecule has 1 aliphatic rings. The van der Waals surface area contributed by atoms with Gasteiger partial charge in [-0.2, -0.15) is 5.26 Å². The van der Waals surface area contributed by atoms with E-state index in [4.69, 9.17) is 15.2 Å². The molecule has 0 fully saturated rings. The number of benzene rings is 1. The smallest absolute Gasteiger partial charge is 0.321 e. The van der Waals surface area contributed by atoms with Gasteiger partial charge in [-0.15, -0.1) is 0 Å². The molecule has 150 valence electrons. The minimum absolute atomic E-state index is 0.272. The number of carbonyl (C=O) groups is 2. The number of nitriles is 1. The highest BCUT2D eigenvalue weighted by Crippen LogP contribution is 2.46. The number of methoxy groups -OCH3 is 2. The highest BCUT2D eigenvalue weighted by Gasteiger charge is 2.41. The Bertz CT molecular complexity index is 819. The number of nitrogens with one attached hydrogen (secondary N) is 2. The summed E-state index contributed by atoms with van der Waals surface area (Å²) in [4.78, 5) is 24.7. The lowest BCUT2D eigenvalue weighted by molar-refractivity contribution is -0.119. The van der Waals surface area contributed by atoms with E-state index in [1.807, 2.05) is 6.92 Å². The van der Waals surface area contributed by atoms with Gasteiger partial charge in [0.25, 0.3) is 0 Å². The molecule has 1 aromatic rings. The van der Waals surface area contributed by atoms with E-state index in [0.29, 0.717) is 29.2 Å². The van der Waals surface area contributed by atoms with Crippen LogP contribution in [0.3, 0.4) is 0 Å². The third-order valence-electron chi connectivity index (χ3n) is 4.33. The van der Waals surface area contributed by atoms with Crippen molar-refractivity contribution in [1.29, 1.82) is 5.26 Å². The van der Waals surface area contributed by atoms with Crippen LogP contribution in [0, 0.1) is 11.3 Å². The van der Waals surface area contributed by atoms with Gasteiger partial charge >= 0.3 is 6.03 Å². The third-order valence-corrected chi connectivity index (χ3v) is 5.55. The molecule has 1 aromatic carbocycles. The molecular formula is C19H24N4O4S. The first-order valence-corrected chi connectivity index (χ1v) is 9.71. The summed E-state index contributed by atoms with van der Waals surface area (Å²) in [5.74, 6) is -0.0990. The normalized spacial score (nSPS) is 18.4. The molecule has 0 aliphatic carbocycles. The molecule has 0 spiro atoms. The first-order valence-electron chi connectivity index (χ1n) is 8.83. The topological polar surface area (TPSA) is 126 Å². The summed E-state index contributed by atoms with van der Waals surface area (Å²) < 4.78 is 10.6. The number of carbonyl (C=O) groups excluding carboxylic acids is 2. The van der Waals surface area contributed by atoms with Crippen molar-refractivity contribution in [2.75, 3.05) is 20.8 Å². The summed E-state index contributed by atoms with van der Waals surface area (Å²) in [6, 6.07) is 6.70. The van der Waals surface area contributed by atoms with E-state index in [1.54, 1.807) is 18.2 Å². The summed E-state index contributed by atoms with van der Waals surface area (Å²) >= 11 is 1.07. The van der Waals surface area contributed by atoms with Crippen LogP contribution in [0.4, 0.5) is 4.79 Å². The highest BCUT2D eigenvalue weighted by atomic mass is 32.2. The van der Waals surface area contributed by atoms with E-state index in [2.05, 4.69) is 16.7 Å². The number of unbranched alkanes of at least 4 members (excludes halogenated alkanes) is 1. The summed E-state index contributed by atoms with van der Waals surface area (Å²) in [6.45, 7) is 2.49. The average Bonchev–Trinajstić information content (AvgIpc) is 3.03. The average molecular weight is 404 g/mol. The molecule has 2 rings (SSSR count). The van der Waals surface area contributed by atoms with Gasteiger partial charge in [0, 0.05) is 12.5 Å². The Morgan fingerprint density at radius 3 is 2.61 bits per heavy atom. The van der Waals surface area contributed by atoms with Gasteiger partial charge < -0.3 is 20.5 Å². The number of hydrogen-bond acceptors (Lipinski definition) is 7. The molecular weight excluding hydrogens is 380 g/mol. The summed E-state index contributed by atoms with van der Waals surface area (Å²) in [6.07, 6.45) is 1.75. The van der Waals surface area contributed by atoms with Crippen LogP contribution in [0.5, 0.6) is 11.5 Å². The van der Waals surface area contributed by atoms with E-state index < -0.39 is 23.1 Å². The van der Waals surface area contributed by atoms with Crippen LogP contribution >= 0.6 is 11.8 Å². The molecule has 28 heavy (non-hydrogen) atoms. The van der Waals surface area contributed by atoms with Gasteiger partial charge in [-0.25, -0.2) is 4.79 Å². The SMILES string of the molecule is CCCCNC(=O)NC(=O)C1SC(N)=C(C#N)C1c1ccc(OC)c(OC)c1. The second-order valence-corrected chi connectivity index (χ2v) is 7.30. The lowest BCUT2D eigenvalue weighted by Crippen LogP contribution is -2.44. The summed E-state index contributed by atoms with van der Waals surface area (Å²) in [5, 5.41) is 14.1. The van der Waals surface area contributed by atoms with Gasteiger partial charge in [0.15, 0.2) is 11.5 Å². The standard InChI is InChI=1S/C19H24N4O4S/c1-4-5-8-22-19(25)23-18(24)16-15(12(10-20)17(21)28-16)11-6-7-13(26-2)14(9-11)27-3/h6-7,9,15-16H,4-5,8,21H2,1-3H3,(H2,22,23,24,25). The van der Waals surface area contributed by atoms with Crippen LogP contribution in [0.1, 0.15) is 31.2 Å². The van der Waals surface area contributed by atoms with Crippen LogP contribution in [-0.4, -0.2) is 38.0 Å². The summed E-state index contributed by atoms with van der Waals surface area (Å²) in [7, 11) is 3.03. The number of imide groups is 1. The largest absolute Gasteiger partial charge is 0.493 e. The van der Waals surface area contributed by atoms with E-state index in [0.717, 1.165) is 24.6 Å². The molecule has 1 aliphatic heterocycles. The van der Waals surface area contributed by atoms with Crippen molar-refractivity contribution in [3.8, 4) is 17.6 Å². The zero-order valence-corrected chi connectivity index (χ0v) is 16.9. The molecule has 0 saturated heterocycles. The first kappa shape index (κ1) is 21.4. The van der Waals surface area contributed by atoms with Crippen molar-refractivity contribution >= 4 is 23.7 Å². The minimum atomic E-state index is -0.746. The molecule has 2 unspecified atom stereocenters. The number of amides is 3. The maximum Gasteiger partial charge on any atom is 0.321 e. The van der Waals surface area contributed by atoms with Gasteiger partial charge in [-0.05, 0) is 24.1 Å². The molecule has 1 heterocycles. The zero-order valence-electron chi connectivity index (χ0n) is 16.1. The number of urea groups is 1. The number of allylic oxidation sites excluding steroid dienone is 1. The Kier molecular flexibility index (Phi) is 7.58. The molecule has 4 N–H and O–H groups in total. The van der Waals surface area contributed by atoms with Gasteiger partial charge in [0.05, 0.1) is 30.9 Å². The van der Waals surface area contributed by atoms with Gasteiger partial charge in [0.2, 0.25) is 5.91 Å². The second-order valence-electron chi connectivity index (χ2n) is 6.12. The van der Waals surface area contributed by atoms with Crippen LogP contribution in [0.25, 0.3) is 0 Å². The number of ether oxygens (including phenoxy) is 2. The third kappa shape index (κ3) is 4.70. The lowest BCUT2D eigenvalue weighted by Gasteiger charge is -2.20. The molecule has 0 saturated carbocycles. The Morgan fingerprint density at radius 2 is 2.00 bits per heavy atom. The molecule has 0 radical (unpaired) electrons. The monoisotopic (exact) mass is 404 g/mol. The predicted molar refractivity (Wildman–Crippen MR) is 107 cm³/mol. The first-order chi connectivity index (χ1) is 13.5. The Hall–Kier alpha value is -2.86. The quantitative estimate of drug-likeness (QED) is 0.595. The maximum absolute atomic E-state index is 12.7. The van der Waals surface area contributed by atoms with Crippen molar-refractivity contribution in [3.63, 3.8) is 0 Å². The van der Waals surface area contributed by atoms with Gasteiger partial charge in [0.1, 0.15) is 5.25 Å². The molecule has 0 aromatic heterocycles. The van der Waals surface area contributed by atoms with Crippen LogP contribution in [0.2, 0.25) is 0 Å². The van der Waals surface area contributed by atoms with Crippen molar-refractivity contribution in [3.05, 3.63) is 34.4 Å². The highest BCUT2D eigenvalue weighted by molar-refractivity contribution is 8.04.